The normalized spacial score (nSPS) is 10.8. The fourth-order valence-corrected chi connectivity index (χ4v) is 3.17. The molecule has 3 nitrogen and oxygen atoms in total. The smallest absolute Gasteiger partial charge is 0.195 e. The second-order valence-electron chi connectivity index (χ2n) is 4.81. The first-order valence-electron chi connectivity index (χ1n) is 7.15. The van der Waals surface area contributed by atoms with Crippen LogP contribution in [0.3, 0.4) is 0 Å². The van der Waals surface area contributed by atoms with Crippen LogP contribution in [-0.4, -0.2) is 20.5 Å². The Morgan fingerprint density at radius 1 is 1.05 bits per heavy atom. The second kappa shape index (κ2) is 6.99. The lowest BCUT2D eigenvalue weighted by Crippen LogP contribution is -2.03. The zero-order chi connectivity index (χ0) is 15.4. The molecule has 3 rings (SSSR count). The Hall–Kier alpha value is -1.78. The van der Waals surface area contributed by atoms with Gasteiger partial charge in [0.15, 0.2) is 5.16 Å². The van der Waals surface area contributed by atoms with Crippen LogP contribution in [-0.2, 0) is 6.42 Å². The van der Waals surface area contributed by atoms with Crippen LogP contribution in [0.1, 0.15) is 18.3 Å². The zero-order valence-corrected chi connectivity index (χ0v) is 13.8. The fourth-order valence-electron chi connectivity index (χ4n) is 2.29. The summed E-state index contributed by atoms with van der Waals surface area (Å²) in [6.07, 6.45) is 0.741. The van der Waals surface area contributed by atoms with E-state index in [2.05, 4.69) is 33.8 Å². The molecule has 5 heteroatoms. The van der Waals surface area contributed by atoms with Gasteiger partial charge < -0.3 is 0 Å². The first kappa shape index (κ1) is 15.1. The molecule has 0 saturated heterocycles. The van der Waals surface area contributed by atoms with Gasteiger partial charge in [-0.1, -0.05) is 66.7 Å². The minimum absolute atomic E-state index is 0.712. The highest BCUT2D eigenvalue weighted by molar-refractivity contribution is 7.99. The van der Waals surface area contributed by atoms with Gasteiger partial charge in [-0.15, -0.1) is 10.2 Å². The number of benzene rings is 2. The summed E-state index contributed by atoms with van der Waals surface area (Å²) in [6.45, 7) is 2.11. The van der Waals surface area contributed by atoms with Crippen LogP contribution in [0.15, 0.2) is 59.8 Å². The molecule has 0 aliphatic heterocycles. The predicted octanol–water partition coefficient (Wildman–Crippen LogP) is 4.62. The van der Waals surface area contributed by atoms with Gasteiger partial charge in [0, 0.05) is 11.4 Å². The van der Waals surface area contributed by atoms with Crippen LogP contribution < -0.4 is 0 Å². The van der Waals surface area contributed by atoms with Gasteiger partial charge in [0.2, 0.25) is 0 Å². The first-order chi connectivity index (χ1) is 10.8. The van der Waals surface area contributed by atoms with Gasteiger partial charge in [-0.3, -0.25) is 4.57 Å². The Bertz CT molecular complexity index is 756. The SMILES string of the molecule is CCSc1nnc(Cc2ccccc2)n1-c1cccc(Cl)c1. The molecule has 0 amide bonds. The Kier molecular flexibility index (Phi) is 4.80. The van der Waals surface area contributed by atoms with Crippen LogP contribution in [0.4, 0.5) is 0 Å². The summed E-state index contributed by atoms with van der Waals surface area (Å²) in [4.78, 5) is 0. The minimum Gasteiger partial charge on any atom is -0.274 e. The van der Waals surface area contributed by atoms with Crippen molar-refractivity contribution in [3.05, 3.63) is 71.0 Å². The van der Waals surface area contributed by atoms with Crippen molar-refractivity contribution in [2.45, 2.75) is 18.5 Å². The molecule has 0 unspecified atom stereocenters. The van der Waals surface area contributed by atoms with Gasteiger partial charge in [-0.25, -0.2) is 0 Å². The summed E-state index contributed by atoms with van der Waals surface area (Å²) >= 11 is 7.82. The van der Waals surface area contributed by atoms with Crippen molar-refractivity contribution in [1.29, 1.82) is 0 Å². The van der Waals surface area contributed by atoms with E-state index >= 15 is 0 Å². The van der Waals surface area contributed by atoms with E-state index < -0.39 is 0 Å². The molecule has 0 bridgehead atoms. The highest BCUT2D eigenvalue weighted by Crippen LogP contribution is 2.24. The molecule has 0 aliphatic rings. The second-order valence-corrected chi connectivity index (χ2v) is 6.48. The molecule has 2 aromatic carbocycles. The average Bonchev–Trinajstić information content (AvgIpc) is 2.91. The van der Waals surface area contributed by atoms with Crippen molar-refractivity contribution in [1.82, 2.24) is 14.8 Å². The van der Waals surface area contributed by atoms with E-state index in [1.54, 1.807) is 11.8 Å². The number of hydrogen-bond acceptors (Lipinski definition) is 3. The molecule has 0 spiro atoms. The lowest BCUT2D eigenvalue weighted by atomic mass is 10.1. The lowest BCUT2D eigenvalue weighted by Gasteiger charge is -2.10. The van der Waals surface area contributed by atoms with Gasteiger partial charge in [0.05, 0.1) is 5.69 Å². The molecular formula is C17H16ClN3S. The molecule has 0 atom stereocenters. The quantitative estimate of drug-likeness (QED) is 0.640. The van der Waals surface area contributed by atoms with E-state index in [0.29, 0.717) is 5.02 Å². The first-order valence-corrected chi connectivity index (χ1v) is 8.51. The maximum Gasteiger partial charge on any atom is 0.195 e. The van der Waals surface area contributed by atoms with Gasteiger partial charge in [0.25, 0.3) is 0 Å². The van der Waals surface area contributed by atoms with E-state index in [0.717, 1.165) is 28.8 Å². The van der Waals surface area contributed by atoms with E-state index in [-0.39, 0.29) is 0 Å². The predicted molar refractivity (Wildman–Crippen MR) is 92.0 cm³/mol. The van der Waals surface area contributed by atoms with Crippen molar-refractivity contribution in [3.63, 3.8) is 0 Å². The van der Waals surface area contributed by atoms with Crippen LogP contribution in [0.5, 0.6) is 0 Å². The summed E-state index contributed by atoms with van der Waals surface area (Å²) in [5.41, 5.74) is 2.21. The molecule has 22 heavy (non-hydrogen) atoms. The monoisotopic (exact) mass is 329 g/mol. The van der Waals surface area contributed by atoms with Crippen LogP contribution in [0.2, 0.25) is 5.02 Å². The number of rotatable bonds is 5. The largest absolute Gasteiger partial charge is 0.274 e. The van der Waals surface area contributed by atoms with Crippen molar-refractivity contribution in [3.8, 4) is 5.69 Å². The Balaban J connectivity index is 2.03. The summed E-state index contributed by atoms with van der Waals surface area (Å²) in [6, 6.07) is 18.1. The summed E-state index contributed by atoms with van der Waals surface area (Å²) in [5.74, 6) is 1.87. The maximum atomic E-state index is 6.14. The minimum atomic E-state index is 0.712. The third kappa shape index (κ3) is 3.34. The standard InChI is InChI=1S/C17H16ClN3S/c1-2-22-17-20-19-16(11-13-7-4-3-5-8-13)21(17)15-10-6-9-14(18)12-15/h3-10,12H,2,11H2,1H3. The van der Waals surface area contributed by atoms with E-state index in [4.69, 9.17) is 11.6 Å². The summed E-state index contributed by atoms with van der Waals surface area (Å²) in [5, 5.41) is 10.3. The Morgan fingerprint density at radius 3 is 2.59 bits per heavy atom. The van der Waals surface area contributed by atoms with Crippen molar-refractivity contribution in [2.24, 2.45) is 0 Å². The number of hydrogen-bond donors (Lipinski definition) is 0. The maximum absolute atomic E-state index is 6.14. The van der Waals surface area contributed by atoms with E-state index in [1.807, 2.05) is 42.5 Å². The van der Waals surface area contributed by atoms with Gasteiger partial charge in [-0.05, 0) is 29.5 Å². The summed E-state index contributed by atoms with van der Waals surface area (Å²) < 4.78 is 2.09. The molecule has 1 heterocycles. The molecule has 0 saturated carbocycles. The van der Waals surface area contributed by atoms with Gasteiger partial charge in [-0.2, -0.15) is 0 Å². The number of nitrogens with zero attached hydrogens (tertiary/aromatic N) is 3. The molecule has 112 valence electrons. The number of aromatic nitrogens is 3. The highest BCUT2D eigenvalue weighted by atomic mass is 35.5. The third-order valence-corrected chi connectivity index (χ3v) is 4.29. The van der Waals surface area contributed by atoms with Crippen LogP contribution in [0, 0.1) is 0 Å². The van der Waals surface area contributed by atoms with Crippen molar-refractivity contribution >= 4 is 23.4 Å². The van der Waals surface area contributed by atoms with Gasteiger partial charge >= 0.3 is 0 Å². The third-order valence-electron chi connectivity index (χ3n) is 3.25. The Morgan fingerprint density at radius 2 is 1.86 bits per heavy atom. The topological polar surface area (TPSA) is 30.7 Å². The average molecular weight is 330 g/mol. The number of thioether (sulfide) groups is 1. The van der Waals surface area contributed by atoms with Crippen LogP contribution >= 0.6 is 23.4 Å². The molecule has 0 aliphatic carbocycles. The molecule has 1 aromatic heterocycles. The Labute approximate surface area is 139 Å². The van der Waals surface area contributed by atoms with Gasteiger partial charge in [0.1, 0.15) is 5.82 Å². The summed E-state index contributed by atoms with van der Waals surface area (Å²) in [7, 11) is 0. The molecular weight excluding hydrogens is 314 g/mol. The van der Waals surface area contributed by atoms with Crippen LogP contribution in [0.25, 0.3) is 5.69 Å². The van der Waals surface area contributed by atoms with Crippen molar-refractivity contribution < 1.29 is 0 Å². The molecule has 0 N–H and O–H groups in total. The highest BCUT2D eigenvalue weighted by Gasteiger charge is 2.14. The molecule has 0 fully saturated rings. The zero-order valence-electron chi connectivity index (χ0n) is 12.2. The van der Waals surface area contributed by atoms with E-state index in [9.17, 15) is 0 Å². The van der Waals surface area contributed by atoms with Crippen molar-refractivity contribution in [2.75, 3.05) is 5.75 Å². The molecule has 3 aromatic rings. The van der Waals surface area contributed by atoms with E-state index in [1.165, 1.54) is 5.56 Å². The molecule has 0 radical (unpaired) electrons. The number of halogens is 1. The lowest BCUT2D eigenvalue weighted by molar-refractivity contribution is 0.848. The fraction of sp³-hybridized carbons (Fsp3) is 0.176.